The molecule has 1 amide bonds. The van der Waals surface area contributed by atoms with Crippen LogP contribution in [0, 0.1) is 0 Å². The molecule has 19 heavy (non-hydrogen) atoms. The highest BCUT2D eigenvalue weighted by molar-refractivity contribution is 5.79. The molecule has 0 spiro atoms. The maximum Gasteiger partial charge on any atom is 0.258 e. The first-order valence-electron chi connectivity index (χ1n) is 6.72. The zero-order valence-electron chi connectivity index (χ0n) is 11.3. The number of primary amides is 1. The van der Waals surface area contributed by atoms with Gasteiger partial charge in [-0.1, -0.05) is 6.92 Å². The van der Waals surface area contributed by atoms with Crippen molar-refractivity contribution < 1.29 is 9.53 Å². The summed E-state index contributed by atoms with van der Waals surface area (Å²) in [6, 6.07) is 7.83. The molecular formula is C14H21N3O2. The first kappa shape index (κ1) is 13.7. The highest BCUT2D eigenvalue weighted by Crippen LogP contribution is 2.21. The summed E-state index contributed by atoms with van der Waals surface area (Å²) in [6.45, 7) is 5.93. The Labute approximate surface area is 113 Å². The third kappa shape index (κ3) is 3.61. The van der Waals surface area contributed by atoms with Crippen LogP contribution in [0.1, 0.15) is 13.3 Å². The number of nitrogens with one attached hydrogen (secondary N) is 1. The smallest absolute Gasteiger partial charge is 0.258 e. The Balaban J connectivity index is 1.99. The summed E-state index contributed by atoms with van der Waals surface area (Å²) in [6.07, 6.45) is 0.0274. The van der Waals surface area contributed by atoms with Gasteiger partial charge in [0.15, 0.2) is 6.10 Å². The van der Waals surface area contributed by atoms with Gasteiger partial charge in [-0.2, -0.15) is 0 Å². The lowest BCUT2D eigenvalue weighted by atomic mass is 10.2. The number of hydrogen-bond acceptors (Lipinski definition) is 4. The molecule has 0 aliphatic carbocycles. The molecule has 2 rings (SSSR count). The van der Waals surface area contributed by atoms with E-state index < -0.39 is 12.0 Å². The van der Waals surface area contributed by atoms with Gasteiger partial charge in [0.2, 0.25) is 0 Å². The standard InChI is InChI=1S/C14H21N3O2/c1-2-13(14(15)18)19-12-5-3-11(4-6-12)17-9-7-16-8-10-17/h3-6,13,16H,2,7-10H2,1H3,(H2,15,18). The lowest BCUT2D eigenvalue weighted by Gasteiger charge is -2.29. The molecule has 5 nitrogen and oxygen atoms in total. The van der Waals surface area contributed by atoms with Crippen molar-refractivity contribution in [1.82, 2.24) is 5.32 Å². The number of benzene rings is 1. The maximum atomic E-state index is 11.1. The van der Waals surface area contributed by atoms with Crippen molar-refractivity contribution in [2.45, 2.75) is 19.4 Å². The Morgan fingerprint density at radius 3 is 2.53 bits per heavy atom. The molecule has 0 saturated carbocycles. The van der Waals surface area contributed by atoms with Crippen molar-refractivity contribution >= 4 is 11.6 Å². The van der Waals surface area contributed by atoms with E-state index in [1.165, 1.54) is 5.69 Å². The summed E-state index contributed by atoms with van der Waals surface area (Å²) in [4.78, 5) is 13.5. The summed E-state index contributed by atoms with van der Waals surface area (Å²) in [7, 11) is 0. The van der Waals surface area contributed by atoms with Gasteiger partial charge in [-0.3, -0.25) is 4.79 Å². The van der Waals surface area contributed by atoms with E-state index in [9.17, 15) is 4.79 Å². The van der Waals surface area contributed by atoms with Gasteiger partial charge in [-0.05, 0) is 30.7 Å². The molecule has 1 aromatic carbocycles. The average Bonchev–Trinajstić information content (AvgIpc) is 2.46. The Bertz CT molecular complexity index is 413. The van der Waals surface area contributed by atoms with Crippen LogP contribution < -0.4 is 20.7 Å². The van der Waals surface area contributed by atoms with Crippen molar-refractivity contribution in [2.24, 2.45) is 5.73 Å². The Hall–Kier alpha value is -1.75. The molecule has 1 fully saturated rings. The SMILES string of the molecule is CCC(Oc1ccc(N2CCNCC2)cc1)C(N)=O. The molecule has 1 unspecified atom stereocenters. The van der Waals surface area contributed by atoms with E-state index in [0.717, 1.165) is 26.2 Å². The predicted octanol–water partition coefficient (Wildman–Crippen LogP) is 0.739. The van der Waals surface area contributed by atoms with Crippen molar-refractivity contribution in [3.05, 3.63) is 24.3 Å². The monoisotopic (exact) mass is 263 g/mol. The van der Waals surface area contributed by atoms with Gasteiger partial charge in [0.25, 0.3) is 5.91 Å². The number of rotatable bonds is 5. The van der Waals surface area contributed by atoms with Gasteiger partial charge >= 0.3 is 0 Å². The van der Waals surface area contributed by atoms with E-state index >= 15 is 0 Å². The quantitative estimate of drug-likeness (QED) is 0.822. The molecule has 1 atom stereocenters. The van der Waals surface area contributed by atoms with Crippen LogP contribution in [0.3, 0.4) is 0 Å². The third-order valence-electron chi connectivity index (χ3n) is 3.29. The zero-order chi connectivity index (χ0) is 13.7. The van der Waals surface area contributed by atoms with E-state index in [2.05, 4.69) is 10.2 Å². The topological polar surface area (TPSA) is 67.6 Å². The van der Waals surface area contributed by atoms with E-state index in [1.54, 1.807) is 0 Å². The van der Waals surface area contributed by atoms with E-state index in [0.29, 0.717) is 12.2 Å². The number of hydrogen-bond donors (Lipinski definition) is 2. The molecule has 5 heteroatoms. The van der Waals surface area contributed by atoms with Crippen LogP contribution in [-0.2, 0) is 4.79 Å². The van der Waals surface area contributed by atoms with Gasteiger partial charge in [0.1, 0.15) is 5.75 Å². The van der Waals surface area contributed by atoms with Crippen LogP contribution >= 0.6 is 0 Å². The summed E-state index contributed by atoms with van der Waals surface area (Å²) in [5, 5.41) is 3.32. The lowest BCUT2D eigenvalue weighted by molar-refractivity contribution is -0.124. The van der Waals surface area contributed by atoms with Gasteiger partial charge in [0, 0.05) is 31.9 Å². The summed E-state index contributed by atoms with van der Waals surface area (Å²) < 4.78 is 5.56. The molecular weight excluding hydrogens is 242 g/mol. The number of nitrogens with zero attached hydrogens (tertiary/aromatic N) is 1. The normalized spacial score (nSPS) is 17.0. The van der Waals surface area contributed by atoms with E-state index in [1.807, 2.05) is 31.2 Å². The lowest BCUT2D eigenvalue weighted by Crippen LogP contribution is -2.43. The third-order valence-corrected chi connectivity index (χ3v) is 3.29. The summed E-state index contributed by atoms with van der Waals surface area (Å²) >= 11 is 0. The number of nitrogens with two attached hydrogens (primary N) is 1. The molecule has 3 N–H and O–H groups in total. The first-order chi connectivity index (χ1) is 9.20. The Morgan fingerprint density at radius 2 is 2.00 bits per heavy atom. The minimum Gasteiger partial charge on any atom is -0.481 e. The molecule has 0 radical (unpaired) electrons. The highest BCUT2D eigenvalue weighted by Gasteiger charge is 2.15. The fourth-order valence-electron chi connectivity index (χ4n) is 2.17. The maximum absolute atomic E-state index is 11.1. The minimum absolute atomic E-state index is 0.423. The highest BCUT2D eigenvalue weighted by atomic mass is 16.5. The zero-order valence-corrected chi connectivity index (χ0v) is 11.3. The number of carbonyl (C=O) groups excluding carboxylic acids is 1. The second-order valence-corrected chi connectivity index (χ2v) is 4.65. The minimum atomic E-state index is -0.551. The second kappa shape index (κ2) is 6.43. The average molecular weight is 263 g/mol. The van der Waals surface area contributed by atoms with Crippen molar-refractivity contribution in [3.63, 3.8) is 0 Å². The van der Waals surface area contributed by atoms with Crippen LogP contribution in [0.2, 0.25) is 0 Å². The predicted molar refractivity (Wildman–Crippen MR) is 75.4 cm³/mol. The number of anilines is 1. The fraction of sp³-hybridized carbons (Fsp3) is 0.500. The molecule has 1 aliphatic rings. The Morgan fingerprint density at radius 1 is 1.37 bits per heavy atom. The Kier molecular flexibility index (Phi) is 4.63. The second-order valence-electron chi connectivity index (χ2n) is 4.65. The summed E-state index contributed by atoms with van der Waals surface area (Å²) in [5.41, 5.74) is 6.44. The van der Waals surface area contributed by atoms with Gasteiger partial charge in [0.05, 0.1) is 0 Å². The molecule has 1 aromatic rings. The summed E-state index contributed by atoms with van der Waals surface area (Å²) in [5.74, 6) is 0.262. The van der Waals surface area contributed by atoms with Crippen molar-refractivity contribution in [3.8, 4) is 5.75 Å². The molecule has 1 heterocycles. The molecule has 104 valence electrons. The van der Waals surface area contributed by atoms with Crippen molar-refractivity contribution in [1.29, 1.82) is 0 Å². The van der Waals surface area contributed by atoms with Crippen LogP contribution in [0.15, 0.2) is 24.3 Å². The number of ether oxygens (including phenoxy) is 1. The van der Waals surface area contributed by atoms with Crippen LogP contribution in [0.25, 0.3) is 0 Å². The number of piperazine rings is 1. The van der Waals surface area contributed by atoms with Gasteiger partial charge in [-0.15, -0.1) is 0 Å². The van der Waals surface area contributed by atoms with Gasteiger partial charge < -0.3 is 20.7 Å². The molecule has 0 aromatic heterocycles. The van der Waals surface area contributed by atoms with E-state index in [4.69, 9.17) is 10.5 Å². The molecule has 0 bridgehead atoms. The van der Waals surface area contributed by atoms with Crippen LogP contribution in [0.5, 0.6) is 5.75 Å². The van der Waals surface area contributed by atoms with E-state index in [-0.39, 0.29) is 0 Å². The fourth-order valence-corrected chi connectivity index (χ4v) is 2.17. The molecule has 1 aliphatic heterocycles. The van der Waals surface area contributed by atoms with Gasteiger partial charge in [-0.25, -0.2) is 0 Å². The number of amides is 1. The molecule has 1 saturated heterocycles. The first-order valence-corrected chi connectivity index (χ1v) is 6.72. The van der Waals surface area contributed by atoms with Crippen molar-refractivity contribution in [2.75, 3.05) is 31.1 Å². The van der Waals surface area contributed by atoms with Crippen LogP contribution in [-0.4, -0.2) is 38.2 Å². The largest absolute Gasteiger partial charge is 0.481 e. The van der Waals surface area contributed by atoms with Crippen LogP contribution in [0.4, 0.5) is 5.69 Å². The number of carbonyl (C=O) groups is 1.